The molecule has 2 unspecified atom stereocenters. The van der Waals surface area contributed by atoms with E-state index in [0.29, 0.717) is 37.8 Å². The Kier molecular flexibility index (Phi) is 5.15. The molecule has 2 heterocycles. The zero-order valence-corrected chi connectivity index (χ0v) is 11.5. The van der Waals surface area contributed by atoms with Crippen LogP contribution in [0, 0.1) is 11.8 Å². The number of esters is 1. The van der Waals surface area contributed by atoms with Gasteiger partial charge in [-0.25, -0.2) is 0 Å². The fraction of sp³-hybridized carbons (Fsp3) is 0.846. The van der Waals surface area contributed by atoms with Crippen LogP contribution in [0.5, 0.6) is 0 Å². The summed E-state index contributed by atoms with van der Waals surface area (Å²) in [6, 6.07) is 0. The molecule has 0 spiro atoms. The second-order valence-corrected chi connectivity index (χ2v) is 5.40. The van der Waals surface area contributed by atoms with E-state index in [4.69, 9.17) is 0 Å². The minimum Gasteiger partial charge on any atom is -0.469 e. The Morgan fingerprint density at radius 3 is 2.63 bits per heavy atom. The van der Waals surface area contributed by atoms with E-state index >= 15 is 0 Å². The maximum atomic E-state index is 11.7. The van der Waals surface area contributed by atoms with Crippen LogP contribution in [0.25, 0.3) is 0 Å². The monoisotopic (exact) mass is 269 g/mol. The molecule has 2 aliphatic heterocycles. The fourth-order valence-electron chi connectivity index (χ4n) is 2.90. The highest BCUT2D eigenvalue weighted by Crippen LogP contribution is 2.25. The molecule has 6 heteroatoms. The molecule has 0 bridgehead atoms. The number of carbonyl (C=O) groups is 2. The zero-order chi connectivity index (χ0) is 13.7. The van der Waals surface area contributed by atoms with E-state index in [0.717, 1.165) is 26.2 Å². The van der Waals surface area contributed by atoms with Crippen LogP contribution in [0.4, 0.5) is 0 Å². The van der Waals surface area contributed by atoms with Crippen molar-refractivity contribution in [2.45, 2.75) is 12.8 Å². The Labute approximate surface area is 113 Å². The van der Waals surface area contributed by atoms with Crippen LogP contribution in [0.15, 0.2) is 0 Å². The summed E-state index contributed by atoms with van der Waals surface area (Å²) in [4.78, 5) is 24.9. The highest BCUT2D eigenvalue weighted by atomic mass is 16.5. The summed E-state index contributed by atoms with van der Waals surface area (Å²) < 4.78 is 4.54. The second-order valence-electron chi connectivity index (χ2n) is 5.40. The number of hydrogen-bond acceptors (Lipinski definition) is 5. The van der Waals surface area contributed by atoms with Crippen molar-refractivity contribution < 1.29 is 14.3 Å². The molecule has 0 aromatic carbocycles. The molecule has 6 nitrogen and oxygen atoms in total. The van der Waals surface area contributed by atoms with Gasteiger partial charge < -0.3 is 15.4 Å². The molecule has 2 aliphatic rings. The number of nitrogens with zero attached hydrogens (tertiary/aromatic N) is 1. The molecule has 0 radical (unpaired) electrons. The van der Waals surface area contributed by atoms with Gasteiger partial charge >= 0.3 is 5.97 Å². The van der Waals surface area contributed by atoms with Gasteiger partial charge in [-0.1, -0.05) is 0 Å². The van der Waals surface area contributed by atoms with Gasteiger partial charge in [0.05, 0.1) is 13.7 Å². The van der Waals surface area contributed by atoms with Gasteiger partial charge in [0, 0.05) is 26.1 Å². The summed E-state index contributed by atoms with van der Waals surface area (Å²) >= 11 is 0. The number of amides is 1. The Balaban J connectivity index is 1.56. The molecule has 0 saturated carbocycles. The first-order valence-corrected chi connectivity index (χ1v) is 6.95. The van der Waals surface area contributed by atoms with Gasteiger partial charge in [0.15, 0.2) is 0 Å². The highest BCUT2D eigenvalue weighted by Gasteiger charge is 2.36. The Hall–Kier alpha value is -1.14. The van der Waals surface area contributed by atoms with Gasteiger partial charge in [-0.3, -0.25) is 14.5 Å². The molecule has 19 heavy (non-hydrogen) atoms. The average molecular weight is 269 g/mol. The van der Waals surface area contributed by atoms with Crippen molar-refractivity contribution in [2.75, 3.05) is 46.4 Å². The van der Waals surface area contributed by atoms with Crippen molar-refractivity contribution in [1.82, 2.24) is 15.5 Å². The molecule has 2 fully saturated rings. The minimum atomic E-state index is -0.228. The van der Waals surface area contributed by atoms with Gasteiger partial charge in [-0.05, 0) is 31.3 Å². The molecule has 1 amide bonds. The third-order valence-corrected chi connectivity index (χ3v) is 3.94. The smallest absolute Gasteiger partial charge is 0.305 e. The van der Waals surface area contributed by atoms with Crippen molar-refractivity contribution in [3.05, 3.63) is 0 Å². The summed E-state index contributed by atoms with van der Waals surface area (Å²) in [7, 11) is 1.38. The first kappa shape index (κ1) is 14.3. The lowest BCUT2D eigenvalue weighted by Crippen LogP contribution is -2.37. The van der Waals surface area contributed by atoms with E-state index in [1.807, 2.05) is 0 Å². The lowest BCUT2D eigenvalue weighted by molar-refractivity contribution is -0.140. The Bertz CT molecular complexity index is 323. The molecular formula is C13H23N3O3. The van der Waals surface area contributed by atoms with Gasteiger partial charge in [-0.2, -0.15) is 0 Å². The third kappa shape index (κ3) is 4.18. The van der Waals surface area contributed by atoms with Crippen molar-refractivity contribution in [1.29, 1.82) is 0 Å². The largest absolute Gasteiger partial charge is 0.469 e. The number of hydrogen-bond donors (Lipinski definition) is 2. The molecule has 108 valence electrons. The maximum Gasteiger partial charge on any atom is 0.305 e. The van der Waals surface area contributed by atoms with Gasteiger partial charge in [-0.15, -0.1) is 0 Å². The van der Waals surface area contributed by atoms with E-state index in [1.54, 1.807) is 0 Å². The molecule has 2 saturated heterocycles. The number of fused-ring (bicyclic) bond motifs is 1. The molecule has 0 aliphatic carbocycles. The Morgan fingerprint density at radius 2 is 2.00 bits per heavy atom. The molecule has 2 rings (SSSR count). The Morgan fingerprint density at radius 1 is 1.32 bits per heavy atom. The second kappa shape index (κ2) is 6.86. The number of carbonyl (C=O) groups excluding carboxylic acids is 2. The van der Waals surface area contributed by atoms with Crippen LogP contribution in [-0.2, 0) is 14.3 Å². The molecular weight excluding hydrogens is 246 g/mol. The van der Waals surface area contributed by atoms with E-state index in [-0.39, 0.29) is 11.9 Å². The summed E-state index contributed by atoms with van der Waals surface area (Å²) in [5, 5.41) is 6.24. The van der Waals surface area contributed by atoms with E-state index in [9.17, 15) is 9.59 Å². The standard InChI is InChI=1S/C13H23N3O3/c1-19-13(18)3-2-4-15-12(17)9-16-7-10-5-14-6-11(10)8-16/h10-11,14H,2-9H2,1H3,(H,15,17). The number of rotatable bonds is 6. The SMILES string of the molecule is COC(=O)CCCNC(=O)CN1CC2CNCC2C1. The van der Waals surface area contributed by atoms with Crippen molar-refractivity contribution in [3.8, 4) is 0 Å². The average Bonchev–Trinajstić information content (AvgIpc) is 2.95. The van der Waals surface area contributed by atoms with Gasteiger partial charge in [0.25, 0.3) is 0 Å². The van der Waals surface area contributed by atoms with Crippen LogP contribution < -0.4 is 10.6 Å². The quantitative estimate of drug-likeness (QED) is 0.488. The zero-order valence-electron chi connectivity index (χ0n) is 11.5. The lowest BCUT2D eigenvalue weighted by atomic mass is 10.0. The summed E-state index contributed by atoms with van der Waals surface area (Å²) in [5.41, 5.74) is 0. The number of methoxy groups -OCH3 is 1. The first-order chi connectivity index (χ1) is 9.19. The lowest BCUT2D eigenvalue weighted by Gasteiger charge is -2.16. The van der Waals surface area contributed by atoms with E-state index in [1.165, 1.54) is 7.11 Å². The summed E-state index contributed by atoms with van der Waals surface area (Å²) in [6.45, 7) is 5.23. The summed E-state index contributed by atoms with van der Waals surface area (Å²) in [6.07, 6.45) is 0.990. The normalized spacial score (nSPS) is 26.2. The van der Waals surface area contributed by atoms with Crippen LogP contribution in [0.3, 0.4) is 0 Å². The van der Waals surface area contributed by atoms with E-state index < -0.39 is 0 Å². The first-order valence-electron chi connectivity index (χ1n) is 6.95. The predicted molar refractivity (Wildman–Crippen MR) is 70.5 cm³/mol. The molecule has 2 N–H and O–H groups in total. The van der Waals surface area contributed by atoms with Crippen LogP contribution in [-0.4, -0.2) is 63.2 Å². The number of ether oxygens (including phenoxy) is 1. The maximum absolute atomic E-state index is 11.7. The topological polar surface area (TPSA) is 70.7 Å². The minimum absolute atomic E-state index is 0.0535. The van der Waals surface area contributed by atoms with Crippen molar-refractivity contribution >= 4 is 11.9 Å². The van der Waals surface area contributed by atoms with Crippen LogP contribution in [0.2, 0.25) is 0 Å². The van der Waals surface area contributed by atoms with Crippen LogP contribution >= 0.6 is 0 Å². The number of likely N-dealkylation sites (tertiary alicyclic amines) is 1. The third-order valence-electron chi connectivity index (χ3n) is 3.94. The number of nitrogens with one attached hydrogen (secondary N) is 2. The van der Waals surface area contributed by atoms with Gasteiger partial charge in [0.2, 0.25) is 5.91 Å². The predicted octanol–water partition coefficient (Wildman–Crippen LogP) is -0.793. The van der Waals surface area contributed by atoms with Crippen molar-refractivity contribution in [2.24, 2.45) is 11.8 Å². The van der Waals surface area contributed by atoms with Gasteiger partial charge in [0.1, 0.15) is 0 Å². The van der Waals surface area contributed by atoms with Crippen LogP contribution in [0.1, 0.15) is 12.8 Å². The summed E-state index contributed by atoms with van der Waals surface area (Å²) in [5.74, 6) is 1.26. The van der Waals surface area contributed by atoms with Crippen molar-refractivity contribution in [3.63, 3.8) is 0 Å². The highest BCUT2D eigenvalue weighted by molar-refractivity contribution is 5.78. The molecule has 0 aromatic rings. The fourth-order valence-corrected chi connectivity index (χ4v) is 2.90. The van der Waals surface area contributed by atoms with E-state index in [2.05, 4.69) is 20.3 Å². The molecule has 0 aromatic heterocycles. The molecule has 2 atom stereocenters.